The monoisotopic (exact) mass is 833 g/mol. The molecular weight excluding hydrogens is 737 g/mol. The first-order valence-corrected chi connectivity index (χ1v) is 27.0. The van der Waals surface area contributed by atoms with Crippen LogP contribution in [0, 0.1) is 0 Å². The van der Waals surface area contributed by atoms with Gasteiger partial charge < -0.3 is 5.53 Å². The molecule has 2 aromatic rings. The van der Waals surface area contributed by atoms with Crippen LogP contribution in [0.4, 0.5) is 0 Å². The third-order valence-electron chi connectivity index (χ3n) is 13.4. The van der Waals surface area contributed by atoms with Crippen molar-refractivity contribution in [1.82, 2.24) is 0 Å². The third-order valence-corrected chi connectivity index (χ3v) is 13.4. The van der Waals surface area contributed by atoms with Crippen LogP contribution in [-0.4, -0.2) is 4.70 Å². The summed E-state index contributed by atoms with van der Waals surface area (Å²) in [6.07, 6.45) is 58.4. The summed E-state index contributed by atoms with van der Waals surface area (Å²) in [5, 5.41) is 0. The number of hydrogen-bond donors (Lipinski definition) is 0. The fraction of sp³-hybridized carbons (Fsp3) is 0.695. The molecule has 0 spiro atoms. The van der Waals surface area contributed by atoms with Crippen LogP contribution in [0.25, 0.3) is 16.9 Å². The van der Waals surface area contributed by atoms with Crippen molar-refractivity contribution in [3.05, 3.63) is 100 Å². The van der Waals surface area contributed by atoms with Crippen molar-refractivity contribution in [2.45, 2.75) is 265 Å². The number of hydrogen-bond acceptors (Lipinski definition) is 0. The number of nitrogens with zero attached hydrogens (tertiary/aromatic N) is 2. The van der Waals surface area contributed by atoms with E-state index in [1.807, 2.05) is 0 Å². The maximum atomic E-state index is 11.9. The molecular formula is C59H96N2. The van der Waals surface area contributed by atoms with Gasteiger partial charge in [-0.05, 0) is 80.7 Å². The summed E-state index contributed by atoms with van der Waals surface area (Å²) < 4.78 is 1.52. The molecule has 0 aliphatic carbocycles. The Balaban J connectivity index is 1.37. The molecule has 0 saturated carbocycles. The zero-order chi connectivity index (χ0) is 43.3. The molecule has 0 N–H and O–H groups in total. The van der Waals surface area contributed by atoms with Crippen LogP contribution >= 0.6 is 0 Å². The van der Waals surface area contributed by atoms with Crippen molar-refractivity contribution in [3.8, 4) is 0 Å². The van der Waals surface area contributed by atoms with Crippen LogP contribution in [0.2, 0.25) is 0 Å². The van der Waals surface area contributed by atoms with E-state index in [9.17, 15) is 5.53 Å². The Morgan fingerprint density at radius 3 is 1.33 bits per heavy atom. The van der Waals surface area contributed by atoms with E-state index in [0.29, 0.717) is 0 Å². The fourth-order valence-corrected chi connectivity index (χ4v) is 9.41. The average molecular weight is 833 g/mol. The highest BCUT2D eigenvalue weighted by atomic mass is 15.2. The summed E-state index contributed by atoms with van der Waals surface area (Å²) in [5.74, 6) is 0. The van der Waals surface area contributed by atoms with Crippen LogP contribution in [0.15, 0.2) is 72.3 Å². The predicted molar refractivity (Wildman–Crippen MR) is 271 cm³/mol. The first-order chi connectivity index (χ1) is 30.2. The lowest BCUT2D eigenvalue weighted by molar-refractivity contribution is -0.344. The fourth-order valence-electron chi connectivity index (χ4n) is 9.41. The van der Waals surface area contributed by atoms with Crippen molar-refractivity contribution in [3.63, 3.8) is 0 Å². The van der Waals surface area contributed by atoms with Gasteiger partial charge in [0.05, 0.1) is 0 Å². The lowest BCUT2D eigenvalue weighted by atomic mass is 9.98. The van der Waals surface area contributed by atoms with E-state index in [-0.39, 0.29) is 0 Å². The highest BCUT2D eigenvalue weighted by Gasteiger charge is 2.29. The molecule has 2 nitrogen and oxygen atoms in total. The number of benzene rings is 2. The maximum absolute atomic E-state index is 11.9. The van der Waals surface area contributed by atoms with Gasteiger partial charge in [-0.1, -0.05) is 256 Å². The summed E-state index contributed by atoms with van der Waals surface area (Å²) in [4.78, 5) is 0. The highest BCUT2D eigenvalue weighted by Crippen LogP contribution is 2.39. The van der Waals surface area contributed by atoms with Crippen molar-refractivity contribution in [2.24, 2.45) is 0 Å². The summed E-state index contributed by atoms with van der Waals surface area (Å²) in [5.41, 5.74) is 20.1. The molecule has 0 bridgehead atoms. The number of allylic oxidation sites excluding steroid dienone is 4. The van der Waals surface area contributed by atoms with Gasteiger partial charge in [-0.2, -0.15) is 0 Å². The van der Waals surface area contributed by atoms with Gasteiger partial charge in [0.25, 0.3) is 0 Å². The molecule has 1 heterocycles. The van der Waals surface area contributed by atoms with Crippen molar-refractivity contribution in [2.75, 3.05) is 0 Å². The van der Waals surface area contributed by atoms with Crippen LogP contribution in [0.5, 0.6) is 0 Å². The number of rotatable bonds is 41. The molecule has 342 valence electrons. The van der Waals surface area contributed by atoms with Crippen molar-refractivity contribution >= 4 is 11.4 Å². The van der Waals surface area contributed by atoms with Gasteiger partial charge in [-0.3, -0.25) is 0 Å². The van der Waals surface area contributed by atoms with E-state index < -0.39 is 0 Å². The molecule has 0 fully saturated rings. The second-order valence-corrected chi connectivity index (χ2v) is 19.0. The topological polar surface area (TPSA) is 25.3 Å². The van der Waals surface area contributed by atoms with E-state index in [2.05, 4.69) is 87.5 Å². The summed E-state index contributed by atoms with van der Waals surface area (Å²) in [6.45, 7) is 6.86. The van der Waals surface area contributed by atoms with Gasteiger partial charge in [0.15, 0.2) is 0 Å². The van der Waals surface area contributed by atoms with E-state index >= 15 is 0 Å². The SMILES string of the molecule is CCCCCCCCCCCC=CCCc1ccccc1C1=CC(CCCCCCCCCCCCCCCCCCCCCCCC)=C(c2ccc(CCCC)cc2)[N+]1=[N-]. The molecule has 2 heteroatoms. The Hall–Kier alpha value is -2.74. The normalized spacial score (nSPS) is 13.0. The minimum atomic E-state index is 0.938. The van der Waals surface area contributed by atoms with Gasteiger partial charge >= 0.3 is 0 Å². The molecule has 0 saturated heterocycles. The largest absolute Gasteiger partial charge is 0.493 e. The minimum absolute atomic E-state index is 0.938. The molecule has 2 aromatic carbocycles. The van der Waals surface area contributed by atoms with Crippen molar-refractivity contribution in [1.29, 1.82) is 0 Å². The molecule has 1 aliphatic heterocycles. The average Bonchev–Trinajstić information content (AvgIpc) is 3.61. The van der Waals surface area contributed by atoms with E-state index in [1.165, 1.54) is 245 Å². The summed E-state index contributed by atoms with van der Waals surface area (Å²) >= 11 is 0. The molecule has 1 aliphatic rings. The maximum Gasteiger partial charge on any atom is 0.210 e. The van der Waals surface area contributed by atoms with Gasteiger partial charge in [0.1, 0.15) is 0 Å². The summed E-state index contributed by atoms with van der Waals surface area (Å²) in [6, 6.07) is 17.8. The first-order valence-electron chi connectivity index (χ1n) is 27.0. The summed E-state index contributed by atoms with van der Waals surface area (Å²) in [7, 11) is 0. The highest BCUT2D eigenvalue weighted by molar-refractivity contribution is 5.79. The molecule has 0 amide bonds. The quantitative estimate of drug-likeness (QED) is 0.0362. The Kier molecular flexibility index (Phi) is 31.7. The predicted octanol–water partition coefficient (Wildman–Crippen LogP) is 20.2. The van der Waals surface area contributed by atoms with E-state index in [4.69, 9.17) is 0 Å². The van der Waals surface area contributed by atoms with E-state index in [1.54, 1.807) is 0 Å². The minimum Gasteiger partial charge on any atom is -0.493 e. The van der Waals surface area contributed by atoms with E-state index in [0.717, 1.165) is 42.6 Å². The molecule has 3 rings (SSSR count). The molecule has 0 aromatic heterocycles. The lowest BCUT2D eigenvalue weighted by Gasteiger charge is -2.13. The molecule has 0 atom stereocenters. The van der Waals surface area contributed by atoms with Gasteiger partial charge in [-0.15, -0.1) is 0 Å². The van der Waals surface area contributed by atoms with Gasteiger partial charge in [0, 0.05) is 22.8 Å². The third kappa shape index (κ3) is 24.1. The smallest absolute Gasteiger partial charge is 0.210 e. The standard InChI is InChI=1S/C59H96N2/c1-4-7-10-12-14-16-18-20-21-22-23-24-25-26-27-28-30-32-34-36-38-40-46-56-52-58(61(60)59(56)55-50-48-53(49-51-55)43-9-6-3)57-47-42-41-45-54(57)44-39-37-35-33-31-29-19-17-15-13-11-8-5-2/h35,37,41-42,45,47-52H,4-34,36,38-40,43-44,46H2,1-3H3. The number of aryl methyl sites for hydroxylation is 2. The van der Waals surface area contributed by atoms with Crippen molar-refractivity contribution < 1.29 is 4.70 Å². The zero-order valence-corrected chi connectivity index (χ0v) is 40.6. The van der Waals surface area contributed by atoms with Gasteiger partial charge in [-0.25, -0.2) is 4.70 Å². The molecule has 61 heavy (non-hydrogen) atoms. The first kappa shape index (κ1) is 52.6. The lowest BCUT2D eigenvalue weighted by Crippen LogP contribution is -2.04. The molecule has 0 radical (unpaired) electrons. The Labute approximate surface area is 379 Å². The van der Waals surface area contributed by atoms with Crippen LogP contribution in [-0.2, 0) is 12.8 Å². The number of unbranched alkanes of at least 4 members (excludes halogenated alkanes) is 31. The van der Waals surface area contributed by atoms with Gasteiger partial charge in [0.2, 0.25) is 11.4 Å². The second kappa shape index (κ2) is 36.7. The Morgan fingerprint density at radius 1 is 0.410 bits per heavy atom. The Bertz CT molecular complexity index is 1460. The molecule has 0 unspecified atom stereocenters. The Morgan fingerprint density at radius 2 is 0.836 bits per heavy atom. The van der Waals surface area contributed by atoms with Crippen LogP contribution < -0.4 is 0 Å². The van der Waals surface area contributed by atoms with Crippen LogP contribution in [0.3, 0.4) is 0 Å². The second-order valence-electron chi connectivity index (χ2n) is 19.0. The zero-order valence-electron chi connectivity index (χ0n) is 40.6. The van der Waals surface area contributed by atoms with Crippen LogP contribution in [0.1, 0.15) is 274 Å².